The molecule has 2 aromatic rings. The van der Waals surface area contributed by atoms with E-state index >= 15 is 0 Å². The molecule has 0 saturated heterocycles. The number of ether oxygens (including phenoxy) is 3. The molecule has 0 bridgehead atoms. The lowest BCUT2D eigenvalue weighted by atomic mass is 10.0. The van der Waals surface area contributed by atoms with Gasteiger partial charge in [0.05, 0.1) is 20.3 Å². The van der Waals surface area contributed by atoms with E-state index in [4.69, 9.17) is 14.2 Å². The smallest absolute Gasteiger partial charge is 0.212 e. The number of carbonyl (C=O) groups excluding carboxylic acids is 1. The van der Waals surface area contributed by atoms with Crippen LogP contribution >= 0.6 is 0 Å². The molecule has 0 fully saturated rings. The van der Waals surface area contributed by atoms with E-state index in [0.717, 1.165) is 23.8 Å². The molecule has 1 aromatic heterocycles. The van der Waals surface area contributed by atoms with Crippen molar-refractivity contribution in [2.24, 2.45) is 0 Å². The van der Waals surface area contributed by atoms with Gasteiger partial charge in [0.2, 0.25) is 5.88 Å². The quantitative estimate of drug-likeness (QED) is 0.812. The molecule has 0 saturated carbocycles. The lowest BCUT2D eigenvalue weighted by molar-refractivity contribution is 0.112. The van der Waals surface area contributed by atoms with Crippen LogP contribution in [0.1, 0.15) is 16.8 Å². The van der Waals surface area contributed by atoms with E-state index in [1.165, 1.54) is 0 Å². The summed E-state index contributed by atoms with van der Waals surface area (Å²) in [6, 6.07) is 7.13. The van der Waals surface area contributed by atoms with Crippen LogP contribution in [0.4, 0.5) is 0 Å². The Balaban J connectivity index is 2.12. The topological polar surface area (TPSA) is 57.7 Å². The molecule has 0 unspecified atom stereocenters. The molecule has 1 aliphatic heterocycles. The Kier molecular flexibility index (Phi) is 3.73. The fourth-order valence-electron chi connectivity index (χ4n) is 2.24. The van der Waals surface area contributed by atoms with Crippen LogP contribution in [0.15, 0.2) is 30.5 Å². The van der Waals surface area contributed by atoms with Gasteiger partial charge in [0.25, 0.3) is 0 Å². The second kappa shape index (κ2) is 5.83. The Hall–Kier alpha value is -2.56. The Morgan fingerprint density at radius 1 is 1.24 bits per heavy atom. The zero-order valence-electron chi connectivity index (χ0n) is 11.7. The molecular weight excluding hydrogens is 270 g/mol. The van der Waals surface area contributed by atoms with Crippen molar-refractivity contribution in [1.82, 2.24) is 4.98 Å². The van der Waals surface area contributed by atoms with Crippen LogP contribution in [0.5, 0.6) is 17.4 Å². The van der Waals surface area contributed by atoms with Crippen LogP contribution in [0, 0.1) is 0 Å². The highest BCUT2D eigenvalue weighted by Gasteiger charge is 2.18. The first-order valence-corrected chi connectivity index (χ1v) is 6.71. The predicted octanol–water partition coefficient (Wildman–Crippen LogP) is 2.73. The van der Waals surface area contributed by atoms with Crippen LogP contribution in [0.2, 0.25) is 0 Å². The van der Waals surface area contributed by atoms with Crippen LogP contribution < -0.4 is 14.2 Å². The van der Waals surface area contributed by atoms with Crippen molar-refractivity contribution in [3.63, 3.8) is 0 Å². The summed E-state index contributed by atoms with van der Waals surface area (Å²) in [6.07, 6.45) is 3.30. The molecule has 0 radical (unpaired) electrons. The predicted molar refractivity (Wildman–Crippen MR) is 77.2 cm³/mol. The second-order valence-electron chi connectivity index (χ2n) is 4.65. The number of pyridine rings is 1. The van der Waals surface area contributed by atoms with Crippen molar-refractivity contribution in [2.45, 2.75) is 6.42 Å². The first-order valence-electron chi connectivity index (χ1n) is 6.71. The molecule has 0 atom stereocenters. The fourth-order valence-corrected chi connectivity index (χ4v) is 2.24. The number of fused-ring (bicyclic) bond motifs is 1. The number of benzene rings is 1. The molecule has 21 heavy (non-hydrogen) atoms. The van der Waals surface area contributed by atoms with Crippen molar-refractivity contribution < 1.29 is 19.0 Å². The lowest BCUT2D eigenvalue weighted by Gasteiger charge is -2.13. The third-order valence-corrected chi connectivity index (χ3v) is 3.26. The van der Waals surface area contributed by atoms with E-state index in [-0.39, 0.29) is 0 Å². The van der Waals surface area contributed by atoms with E-state index in [2.05, 4.69) is 4.98 Å². The maximum atomic E-state index is 11.1. The van der Waals surface area contributed by atoms with Crippen LogP contribution in [-0.4, -0.2) is 31.6 Å². The summed E-state index contributed by atoms with van der Waals surface area (Å²) in [7, 11) is 1.57. The maximum absolute atomic E-state index is 11.1. The van der Waals surface area contributed by atoms with Gasteiger partial charge in [-0.25, -0.2) is 4.98 Å². The SMILES string of the molecule is COc1ccc(-c2cc(C=O)cc3c2OCCCO3)cn1. The van der Waals surface area contributed by atoms with E-state index in [0.29, 0.717) is 36.2 Å². The van der Waals surface area contributed by atoms with Gasteiger partial charge in [-0.1, -0.05) is 0 Å². The van der Waals surface area contributed by atoms with Gasteiger partial charge in [-0.3, -0.25) is 4.79 Å². The van der Waals surface area contributed by atoms with E-state index in [9.17, 15) is 4.79 Å². The lowest BCUT2D eigenvalue weighted by Crippen LogP contribution is -1.98. The molecule has 0 aliphatic carbocycles. The minimum absolute atomic E-state index is 0.536. The summed E-state index contributed by atoms with van der Waals surface area (Å²) in [6.45, 7) is 1.17. The number of methoxy groups -OCH3 is 1. The first-order chi connectivity index (χ1) is 10.3. The molecule has 2 heterocycles. The molecule has 0 amide bonds. The molecule has 5 nitrogen and oxygen atoms in total. The Labute approximate surface area is 122 Å². The van der Waals surface area contributed by atoms with Gasteiger partial charge in [-0.15, -0.1) is 0 Å². The van der Waals surface area contributed by atoms with Gasteiger partial charge < -0.3 is 14.2 Å². The molecule has 108 valence electrons. The third-order valence-electron chi connectivity index (χ3n) is 3.26. The number of hydrogen-bond donors (Lipinski definition) is 0. The van der Waals surface area contributed by atoms with Crippen molar-refractivity contribution in [3.05, 3.63) is 36.0 Å². The van der Waals surface area contributed by atoms with Crippen molar-refractivity contribution in [3.8, 4) is 28.5 Å². The largest absolute Gasteiger partial charge is 0.490 e. The summed E-state index contributed by atoms with van der Waals surface area (Å²) < 4.78 is 16.5. The number of aromatic nitrogens is 1. The van der Waals surface area contributed by atoms with Crippen LogP contribution in [-0.2, 0) is 0 Å². The van der Waals surface area contributed by atoms with Gasteiger partial charge in [-0.2, -0.15) is 0 Å². The fraction of sp³-hybridized carbons (Fsp3) is 0.250. The second-order valence-corrected chi connectivity index (χ2v) is 4.65. The monoisotopic (exact) mass is 285 g/mol. The van der Waals surface area contributed by atoms with E-state index in [1.54, 1.807) is 31.5 Å². The number of aldehydes is 1. The molecule has 0 spiro atoms. The van der Waals surface area contributed by atoms with Crippen molar-refractivity contribution in [1.29, 1.82) is 0 Å². The minimum Gasteiger partial charge on any atom is -0.490 e. The molecule has 1 aliphatic rings. The van der Waals surface area contributed by atoms with Crippen LogP contribution in [0.3, 0.4) is 0 Å². The highest BCUT2D eigenvalue weighted by Crippen LogP contribution is 2.40. The highest BCUT2D eigenvalue weighted by molar-refractivity contribution is 5.84. The molecule has 3 rings (SSSR count). The number of hydrogen-bond acceptors (Lipinski definition) is 5. The summed E-state index contributed by atoms with van der Waals surface area (Å²) in [5, 5.41) is 0. The Morgan fingerprint density at radius 3 is 2.81 bits per heavy atom. The first kappa shape index (κ1) is 13.4. The number of rotatable bonds is 3. The van der Waals surface area contributed by atoms with E-state index in [1.807, 2.05) is 6.07 Å². The van der Waals surface area contributed by atoms with Crippen molar-refractivity contribution >= 4 is 6.29 Å². The summed E-state index contributed by atoms with van der Waals surface area (Å²) in [5.41, 5.74) is 2.19. The van der Waals surface area contributed by atoms with Gasteiger partial charge in [0.15, 0.2) is 11.5 Å². The zero-order valence-corrected chi connectivity index (χ0v) is 11.7. The molecule has 0 N–H and O–H groups in total. The van der Waals surface area contributed by atoms with Gasteiger partial charge in [0, 0.05) is 35.4 Å². The average molecular weight is 285 g/mol. The summed E-state index contributed by atoms with van der Waals surface area (Å²) in [5.74, 6) is 1.79. The standard InChI is InChI=1S/C16H15NO4/c1-19-15-4-3-12(9-17-15)13-7-11(10-18)8-14-16(13)21-6-2-5-20-14/h3-4,7-10H,2,5-6H2,1H3. The third kappa shape index (κ3) is 2.67. The van der Waals surface area contributed by atoms with Gasteiger partial charge >= 0.3 is 0 Å². The number of nitrogens with zero attached hydrogens (tertiary/aromatic N) is 1. The van der Waals surface area contributed by atoms with Gasteiger partial charge in [0.1, 0.15) is 6.29 Å². The summed E-state index contributed by atoms with van der Waals surface area (Å²) in [4.78, 5) is 15.3. The number of carbonyl (C=O) groups is 1. The normalized spacial score (nSPS) is 13.4. The zero-order chi connectivity index (χ0) is 14.7. The Bertz CT molecular complexity index is 652. The summed E-state index contributed by atoms with van der Waals surface area (Å²) >= 11 is 0. The molecular formula is C16H15NO4. The van der Waals surface area contributed by atoms with Crippen LogP contribution in [0.25, 0.3) is 11.1 Å². The maximum Gasteiger partial charge on any atom is 0.212 e. The average Bonchev–Trinajstić information content (AvgIpc) is 2.79. The minimum atomic E-state index is 0.536. The van der Waals surface area contributed by atoms with E-state index < -0.39 is 0 Å². The molecule has 5 heteroatoms. The van der Waals surface area contributed by atoms with Crippen molar-refractivity contribution in [2.75, 3.05) is 20.3 Å². The molecule has 1 aromatic carbocycles. The highest BCUT2D eigenvalue weighted by atomic mass is 16.5. The van der Waals surface area contributed by atoms with Gasteiger partial charge in [-0.05, 0) is 18.2 Å². The Morgan fingerprint density at radius 2 is 2.10 bits per heavy atom.